The summed E-state index contributed by atoms with van der Waals surface area (Å²) in [5.74, 6) is 0. The van der Waals surface area contributed by atoms with Crippen molar-refractivity contribution in [3.8, 4) is 0 Å². The molecule has 0 fully saturated rings. The van der Waals surface area contributed by atoms with Gasteiger partial charge in [0.1, 0.15) is 4.31 Å². The van der Waals surface area contributed by atoms with Crippen molar-refractivity contribution in [1.29, 1.82) is 0 Å². The number of hydrogen-bond acceptors (Lipinski definition) is 6. The molecule has 1 N–H and O–H groups in total. The van der Waals surface area contributed by atoms with E-state index < -0.39 is 16.5 Å². The summed E-state index contributed by atoms with van der Waals surface area (Å²) in [6.07, 6.45) is 0. The second kappa shape index (κ2) is 24.3. The number of rotatable bonds is 2. The third kappa shape index (κ3) is 36.9. The van der Waals surface area contributed by atoms with Crippen LogP contribution in [0, 0.1) is 0 Å². The molecule has 48 valence electrons. The summed E-state index contributed by atoms with van der Waals surface area (Å²) in [6, 6.07) is 0. The summed E-state index contributed by atoms with van der Waals surface area (Å²) in [5, 5.41) is 0. The Balaban J connectivity index is -0.0000000180. The van der Waals surface area contributed by atoms with E-state index in [0.717, 1.165) is 0 Å². The van der Waals surface area contributed by atoms with Crippen LogP contribution in [0.1, 0.15) is 0 Å². The van der Waals surface area contributed by atoms with Crippen LogP contribution in [0.25, 0.3) is 0 Å². The van der Waals surface area contributed by atoms with Gasteiger partial charge in [0.05, 0.1) is 0 Å². The molecule has 12 heteroatoms. The fourth-order valence-electron chi connectivity index (χ4n) is 0.0544. The Morgan fingerprint density at radius 2 is 1.00 bits per heavy atom. The van der Waals surface area contributed by atoms with Crippen molar-refractivity contribution in [2.24, 2.45) is 0 Å². The molecule has 2 atom stereocenters. The van der Waals surface area contributed by atoms with Crippen LogP contribution in [0.2, 0.25) is 0 Å². The van der Waals surface area contributed by atoms with E-state index in [-0.39, 0.29) is 124 Å². The predicted molar refractivity (Wildman–Crippen MR) is 18.2 cm³/mol. The Kier molecular flexibility index (Phi) is 73.0. The molecule has 2 unspecified atom stereocenters. The average molecular weight is 251 g/mol. The smallest absolute Gasteiger partial charge is 0.870 e. The van der Waals surface area contributed by atoms with Crippen molar-refractivity contribution in [3.63, 3.8) is 0 Å². The standard InChI is InChI=1S/4Na.O5P2.H2O/c;;;;1-6(2)5-7(3)4;/h;;;;;1H2/q4*+1;;/p-1. The Morgan fingerprint density at radius 3 is 1.00 bits per heavy atom. The normalized spacial score (nSPS) is 7.83. The van der Waals surface area contributed by atoms with Crippen LogP contribution in [-0.2, 0) is 13.4 Å². The molecule has 0 rings (SSSR count). The summed E-state index contributed by atoms with van der Waals surface area (Å²) in [7, 11) is -6.47. The summed E-state index contributed by atoms with van der Waals surface area (Å²) >= 11 is 0. The molecule has 0 aromatic carbocycles. The molecule has 0 spiro atoms. The van der Waals surface area contributed by atoms with Gasteiger partial charge in [-0.25, -0.2) is 0 Å². The van der Waals surface area contributed by atoms with Crippen molar-refractivity contribution >= 4 is 16.5 Å². The van der Waals surface area contributed by atoms with Gasteiger partial charge in [0.25, 0.3) is 0 Å². The summed E-state index contributed by atoms with van der Waals surface area (Å²) in [6.45, 7) is 0. The third-order valence-electron chi connectivity index (χ3n) is 0.133. The van der Waals surface area contributed by atoms with Gasteiger partial charge in [0.15, 0.2) is 0 Å². The van der Waals surface area contributed by atoms with Gasteiger partial charge >= 0.3 is 135 Å². The number of hydrogen-bond donors (Lipinski definition) is 0. The predicted octanol–water partition coefficient (Wildman–Crippen LogP) is -13.1. The molecule has 0 bridgehead atoms. The molecular formula is HNa4O6P2+3. The second-order valence-electron chi connectivity index (χ2n) is 0.529. The molecule has 0 aromatic rings. The van der Waals surface area contributed by atoms with Gasteiger partial charge in [-0.1, -0.05) is 0 Å². The van der Waals surface area contributed by atoms with Crippen molar-refractivity contribution in [1.82, 2.24) is 0 Å². The quantitative estimate of drug-likeness (QED) is 0.355. The average Bonchev–Trinajstić information content (AvgIpc) is 1.27. The Labute approximate surface area is 160 Å². The van der Waals surface area contributed by atoms with E-state index >= 15 is 0 Å². The van der Waals surface area contributed by atoms with E-state index in [1.165, 1.54) is 0 Å². The molecule has 0 saturated heterocycles. The molecule has 0 radical (unpaired) electrons. The topological polar surface area (TPSA) is 119 Å². The van der Waals surface area contributed by atoms with Gasteiger partial charge in [0, 0.05) is 0 Å². The SMILES string of the molecule is O=[P+]([O-])O[P+](=O)[O-].[Na+].[Na+].[Na+].[Na+].[OH-]. The van der Waals surface area contributed by atoms with Crippen LogP contribution in [-0.4, -0.2) is 5.48 Å². The zero-order valence-electron chi connectivity index (χ0n) is 7.38. The molecule has 0 aliphatic rings. The van der Waals surface area contributed by atoms with Gasteiger partial charge in [-0.3, -0.25) is 0 Å². The molecule has 12 heavy (non-hydrogen) atoms. The molecule has 0 heterocycles. The monoisotopic (exact) mass is 251 g/mol. The second-order valence-corrected chi connectivity index (χ2v) is 2.08. The van der Waals surface area contributed by atoms with E-state index in [4.69, 9.17) is 0 Å². The van der Waals surface area contributed by atoms with Gasteiger partial charge in [-0.2, -0.15) is 0 Å². The minimum absolute atomic E-state index is 0. The van der Waals surface area contributed by atoms with Gasteiger partial charge in [0.2, 0.25) is 0 Å². The van der Waals surface area contributed by atoms with Crippen molar-refractivity contribution in [2.75, 3.05) is 0 Å². The first-order valence-corrected chi connectivity index (χ1v) is 3.29. The summed E-state index contributed by atoms with van der Waals surface area (Å²) in [4.78, 5) is 18.5. The zero-order valence-corrected chi connectivity index (χ0v) is 17.2. The minimum atomic E-state index is -3.24. The summed E-state index contributed by atoms with van der Waals surface area (Å²) < 4.78 is 21.6. The van der Waals surface area contributed by atoms with Crippen LogP contribution in [0.5, 0.6) is 0 Å². The molecule has 6 nitrogen and oxygen atoms in total. The Bertz CT molecular complexity index is 93.7. The van der Waals surface area contributed by atoms with E-state index in [1.807, 2.05) is 0 Å². The van der Waals surface area contributed by atoms with E-state index in [9.17, 15) is 18.9 Å². The van der Waals surface area contributed by atoms with Crippen LogP contribution >= 0.6 is 16.5 Å². The Hall–Kier alpha value is 4.04. The first-order valence-electron chi connectivity index (χ1n) is 1.10. The maximum atomic E-state index is 9.24. The van der Waals surface area contributed by atoms with Crippen LogP contribution in [0.3, 0.4) is 0 Å². The van der Waals surface area contributed by atoms with Crippen LogP contribution in [0.15, 0.2) is 0 Å². The van der Waals surface area contributed by atoms with E-state index in [2.05, 4.69) is 4.31 Å². The molecule has 0 saturated carbocycles. The zero-order chi connectivity index (χ0) is 5.86. The van der Waals surface area contributed by atoms with E-state index in [1.54, 1.807) is 0 Å². The molecule has 0 aromatic heterocycles. The molecule has 0 aliphatic carbocycles. The fraction of sp³-hybridized carbons (Fsp3) is 0. The van der Waals surface area contributed by atoms with E-state index in [0.29, 0.717) is 0 Å². The minimum Gasteiger partial charge on any atom is -0.870 e. The van der Waals surface area contributed by atoms with Gasteiger partial charge in [-0.15, -0.1) is 0 Å². The van der Waals surface area contributed by atoms with Crippen LogP contribution < -0.4 is 128 Å². The largest absolute Gasteiger partial charge is 1.00 e. The first-order chi connectivity index (χ1) is 3.13. The third-order valence-corrected chi connectivity index (χ3v) is 1.20. The van der Waals surface area contributed by atoms with Gasteiger partial charge in [-0.05, 0) is 9.13 Å². The van der Waals surface area contributed by atoms with Crippen LogP contribution in [0.4, 0.5) is 0 Å². The Morgan fingerprint density at radius 1 is 0.833 bits per heavy atom. The van der Waals surface area contributed by atoms with Crippen molar-refractivity contribution < 1.29 is 147 Å². The molecule has 0 amide bonds. The summed E-state index contributed by atoms with van der Waals surface area (Å²) in [5.41, 5.74) is 0. The fourth-order valence-corrected chi connectivity index (χ4v) is 0.490. The molecular weight excluding hydrogens is 250 g/mol. The van der Waals surface area contributed by atoms with Crippen molar-refractivity contribution in [2.45, 2.75) is 0 Å². The van der Waals surface area contributed by atoms with Crippen molar-refractivity contribution in [3.05, 3.63) is 0 Å². The maximum absolute atomic E-state index is 9.24. The first kappa shape index (κ1) is 36.0. The molecule has 0 aliphatic heterocycles. The maximum Gasteiger partial charge on any atom is 1.00 e. The van der Waals surface area contributed by atoms with Gasteiger partial charge < -0.3 is 15.3 Å².